The number of hydrogen-bond acceptors (Lipinski definition) is 8. The second-order valence-electron chi connectivity index (χ2n) is 7.16. The minimum atomic E-state index is -1.06. The highest BCUT2D eigenvalue weighted by Gasteiger charge is 2.22. The lowest BCUT2D eigenvalue weighted by Crippen LogP contribution is -2.52. The number of aliphatic carboxylic acids is 1. The molecular weight excluding hydrogens is 464 g/mol. The van der Waals surface area contributed by atoms with Gasteiger partial charge in [-0.2, -0.15) is 0 Å². The molecule has 35 heavy (non-hydrogen) atoms. The zero-order chi connectivity index (χ0) is 26.1. The molecule has 0 aromatic heterocycles. The van der Waals surface area contributed by atoms with Gasteiger partial charge in [0.25, 0.3) is 0 Å². The van der Waals surface area contributed by atoms with Crippen LogP contribution in [0.2, 0.25) is 0 Å². The first-order chi connectivity index (χ1) is 16.7. The Morgan fingerprint density at radius 2 is 1.34 bits per heavy atom. The van der Waals surface area contributed by atoms with Crippen molar-refractivity contribution < 1.29 is 39.0 Å². The van der Waals surface area contributed by atoms with Gasteiger partial charge in [0.2, 0.25) is 29.5 Å². The Morgan fingerprint density at radius 1 is 0.743 bits per heavy atom. The molecule has 0 aliphatic heterocycles. The minimum Gasteiger partial charge on any atom is -0.480 e. The van der Waals surface area contributed by atoms with Crippen molar-refractivity contribution in [1.82, 2.24) is 31.9 Å². The molecule has 0 spiro atoms. The molecular formula is C21H30N6O8. The molecule has 1 rings (SSSR count). The van der Waals surface area contributed by atoms with E-state index in [1.807, 2.05) is 0 Å². The molecule has 0 aliphatic carbocycles. The van der Waals surface area contributed by atoms with Gasteiger partial charge in [0.1, 0.15) is 12.8 Å². The van der Waals surface area contributed by atoms with E-state index >= 15 is 0 Å². The van der Waals surface area contributed by atoms with Gasteiger partial charge in [0.05, 0.1) is 26.2 Å². The third kappa shape index (κ3) is 14.0. The van der Waals surface area contributed by atoms with Crippen LogP contribution >= 0.6 is 0 Å². The van der Waals surface area contributed by atoms with Crippen LogP contribution in [0.5, 0.6) is 0 Å². The first-order valence-corrected chi connectivity index (χ1v) is 10.7. The molecule has 8 N–H and O–H groups in total. The number of benzene rings is 1. The molecule has 5 amide bonds. The summed E-state index contributed by atoms with van der Waals surface area (Å²) < 4.78 is 0. The monoisotopic (exact) mass is 494 g/mol. The van der Waals surface area contributed by atoms with Crippen molar-refractivity contribution in [2.24, 2.45) is 0 Å². The molecule has 1 aromatic carbocycles. The molecule has 0 aliphatic rings. The van der Waals surface area contributed by atoms with Crippen LogP contribution in [0.1, 0.15) is 12.0 Å². The Kier molecular flexibility index (Phi) is 13.7. The van der Waals surface area contributed by atoms with Crippen LogP contribution < -0.4 is 31.9 Å². The molecule has 0 unspecified atom stereocenters. The normalized spacial score (nSPS) is 11.0. The van der Waals surface area contributed by atoms with Gasteiger partial charge in [-0.3, -0.25) is 28.8 Å². The zero-order valence-electron chi connectivity index (χ0n) is 19.0. The van der Waals surface area contributed by atoms with E-state index in [1.54, 1.807) is 30.3 Å². The maximum atomic E-state index is 12.5. The number of nitrogens with one attached hydrogen (secondary N) is 6. The van der Waals surface area contributed by atoms with Gasteiger partial charge >= 0.3 is 5.97 Å². The standard InChI is InChI=1S/C21H30N6O8/c28-13-26-18(31)10-25-21(35)15(8-14-4-2-1-3-5-14)27-19(32)11-24-17(30)9-23-16(29)6-7-22-12-20(33)34/h1-5,15,22,28H,6-13H2,(H,23,29)(H,24,30)(H,25,35)(H,26,31)(H,27,32)(H,33,34)/t15-/m0/s1. The first-order valence-electron chi connectivity index (χ1n) is 10.7. The zero-order valence-corrected chi connectivity index (χ0v) is 19.0. The van der Waals surface area contributed by atoms with Gasteiger partial charge in [-0.15, -0.1) is 0 Å². The average molecular weight is 495 g/mol. The number of hydrogen-bond donors (Lipinski definition) is 8. The smallest absolute Gasteiger partial charge is 0.317 e. The molecule has 0 bridgehead atoms. The molecule has 14 nitrogen and oxygen atoms in total. The Hall–Kier alpha value is -4.04. The van der Waals surface area contributed by atoms with Crippen LogP contribution in [0.25, 0.3) is 0 Å². The fraction of sp³-hybridized carbons (Fsp3) is 0.429. The van der Waals surface area contributed by atoms with Crippen molar-refractivity contribution in [2.45, 2.75) is 18.9 Å². The van der Waals surface area contributed by atoms with Crippen molar-refractivity contribution >= 4 is 35.5 Å². The lowest BCUT2D eigenvalue weighted by Gasteiger charge is -2.19. The summed E-state index contributed by atoms with van der Waals surface area (Å²) in [5.74, 6) is -4.09. The minimum absolute atomic E-state index is 0.0341. The predicted octanol–water partition coefficient (Wildman–Crippen LogP) is -3.81. The SMILES string of the molecule is O=C(O)CNCCC(=O)NCC(=O)NCC(=O)N[C@@H](Cc1ccccc1)C(=O)NCC(=O)NCO. The van der Waals surface area contributed by atoms with E-state index in [0.29, 0.717) is 0 Å². The number of amides is 5. The van der Waals surface area contributed by atoms with Crippen LogP contribution in [-0.4, -0.2) is 91.2 Å². The van der Waals surface area contributed by atoms with E-state index in [9.17, 15) is 28.8 Å². The van der Waals surface area contributed by atoms with Crippen molar-refractivity contribution in [3.05, 3.63) is 35.9 Å². The van der Waals surface area contributed by atoms with Gasteiger partial charge < -0.3 is 42.1 Å². The van der Waals surface area contributed by atoms with Crippen LogP contribution in [-0.2, 0) is 35.2 Å². The predicted molar refractivity (Wildman–Crippen MR) is 121 cm³/mol. The van der Waals surface area contributed by atoms with E-state index in [-0.39, 0.29) is 32.5 Å². The molecule has 0 heterocycles. The quantitative estimate of drug-likeness (QED) is 0.0834. The third-order valence-electron chi connectivity index (χ3n) is 4.33. The second-order valence-corrected chi connectivity index (χ2v) is 7.16. The molecule has 0 saturated carbocycles. The van der Waals surface area contributed by atoms with Gasteiger partial charge in [-0.1, -0.05) is 30.3 Å². The third-order valence-corrected chi connectivity index (χ3v) is 4.33. The lowest BCUT2D eigenvalue weighted by atomic mass is 10.1. The Labute approximate surface area is 201 Å². The van der Waals surface area contributed by atoms with Crippen LogP contribution in [0.3, 0.4) is 0 Å². The maximum Gasteiger partial charge on any atom is 0.317 e. The molecule has 1 atom stereocenters. The van der Waals surface area contributed by atoms with Gasteiger partial charge in [0, 0.05) is 19.4 Å². The number of aliphatic hydroxyl groups is 1. The fourth-order valence-corrected chi connectivity index (χ4v) is 2.65. The topological polar surface area (TPSA) is 215 Å². The highest BCUT2D eigenvalue weighted by atomic mass is 16.4. The average Bonchev–Trinajstić information content (AvgIpc) is 2.83. The van der Waals surface area contributed by atoms with Crippen LogP contribution in [0, 0.1) is 0 Å². The Morgan fingerprint density at radius 3 is 2.00 bits per heavy atom. The van der Waals surface area contributed by atoms with E-state index in [0.717, 1.165) is 5.56 Å². The summed E-state index contributed by atoms with van der Waals surface area (Å²) in [5.41, 5.74) is 0.748. The van der Waals surface area contributed by atoms with Gasteiger partial charge in [-0.25, -0.2) is 0 Å². The van der Waals surface area contributed by atoms with E-state index < -0.39 is 61.4 Å². The highest BCUT2D eigenvalue weighted by Crippen LogP contribution is 2.03. The van der Waals surface area contributed by atoms with E-state index in [1.165, 1.54) is 0 Å². The summed E-state index contributed by atoms with van der Waals surface area (Å²) in [6.45, 7) is -2.00. The van der Waals surface area contributed by atoms with Crippen molar-refractivity contribution in [3.8, 4) is 0 Å². The second kappa shape index (κ2) is 16.6. The summed E-state index contributed by atoms with van der Waals surface area (Å²) in [6.07, 6.45) is 0.0909. The number of rotatable bonds is 16. The number of aliphatic hydroxyl groups excluding tert-OH is 1. The number of carbonyl (C=O) groups is 6. The molecule has 192 valence electrons. The summed E-state index contributed by atoms with van der Waals surface area (Å²) in [4.78, 5) is 70.1. The highest BCUT2D eigenvalue weighted by molar-refractivity contribution is 5.92. The van der Waals surface area contributed by atoms with Crippen molar-refractivity contribution in [2.75, 3.05) is 39.5 Å². The molecule has 0 radical (unpaired) electrons. The Balaban J connectivity index is 2.48. The largest absolute Gasteiger partial charge is 0.480 e. The van der Waals surface area contributed by atoms with Crippen molar-refractivity contribution in [1.29, 1.82) is 0 Å². The summed E-state index contributed by atoms with van der Waals surface area (Å²) in [6, 6.07) is 7.78. The van der Waals surface area contributed by atoms with E-state index in [2.05, 4.69) is 31.9 Å². The number of carboxylic acids is 1. The number of carboxylic acid groups (broad SMARTS) is 1. The molecule has 14 heteroatoms. The summed E-state index contributed by atoms with van der Waals surface area (Å²) in [7, 11) is 0. The lowest BCUT2D eigenvalue weighted by molar-refractivity contribution is -0.136. The van der Waals surface area contributed by atoms with Crippen molar-refractivity contribution in [3.63, 3.8) is 0 Å². The molecule has 0 fully saturated rings. The number of carbonyl (C=O) groups excluding carboxylic acids is 5. The van der Waals surface area contributed by atoms with Gasteiger partial charge in [-0.05, 0) is 5.56 Å². The first kappa shape index (κ1) is 29.0. The molecule has 0 saturated heterocycles. The summed E-state index contributed by atoms with van der Waals surface area (Å²) >= 11 is 0. The van der Waals surface area contributed by atoms with E-state index in [4.69, 9.17) is 10.2 Å². The van der Waals surface area contributed by atoms with Crippen LogP contribution in [0.15, 0.2) is 30.3 Å². The fourth-order valence-electron chi connectivity index (χ4n) is 2.65. The maximum absolute atomic E-state index is 12.5. The molecule has 1 aromatic rings. The summed E-state index contributed by atoms with van der Waals surface area (Å²) in [5, 5.41) is 31.3. The Bertz CT molecular complexity index is 880. The van der Waals surface area contributed by atoms with Crippen LogP contribution in [0.4, 0.5) is 0 Å². The van der Waals surface area contributed by atoms with Gasteiger partial charge in [0.15, 0.2) is 0 Å².